The van der Waals surface area contributed by atoms with Gasteiger partial charge in [0.2, 0.25) is 0 Å². The van der Waals surface area contributed by atoms with Crippen molar-refractivity contribution >= 4 is 5.97 Å². The number of carboxylic acids is 1. The maximum absolute atomic E-state index is 10.9. The molecule has 5 nitrogen and oxygen atoms in total. The standard InChI is InChI=1S/C15H23N3O2/c1-11(8-15(19)20)13-4-3-7-18(10-13)12(2)14-9-16-5-6-17-14/h5-6,9,11-13H,3-4,7-8,10H2,1-2H3,(H,19,20). The van der Waals surface area contributed by atoms with Crippen LogP contribution in [0.2, 0.25) is 0 Å². The van der Waals surface area contributed by atoms with Crippen LogP contribution in [0.25, 0.3) is 0 Å². The number of rotatable bonds is 5. The maximum Gasteiger partial charge on any atom is 0.303 e. The minimum atomic E-state index is -0.698. The topological polar surface area (TPSA) is 66.3 Å². The summed E-state index contributed by atoms with van der Waals surface area (Å²) in [5.41, 5.74) is 0.985. The Morgan fingerprint density at radius 2 is 2.30 bits per heavy atom. The van der Waals surface area contributed by atoms with E-state index in [1.807, 2.05) is 6.20 Å². The lowest BCUT2D eigenvalue weighted by Crippen LogP contribution is -2.40. The highest BCUT2D eigenvalue weighted by atomic mass is 16.4. The fourth-order valence-electron chi connectivity index (χ4n) is 3.01. The molecule has 0 saturated carbocycles. The summed E-state index contributed by atoms with van der Waals surface area (Å²) in [5, 5.41) is 8.94. The van der Waals surface area contributed by atoms with Crippen LogP contribution in [0.3, 0.4) is 0 Å². The van der Waals surface area contributed by atoms with E-state index in [-0.39, 0.29) is 18.4 Å². The molecular formula is C15H23N3O2. The van der Waals surface area contributed by atoms with E-state index in [0.29, 0.717) is 5.92 Å². The summed E-state index contributed by atoms with van der Waals surface area (Å²) >= 11 is 0. The number of likely N-dealkylation sites (tertiary alicyclic amines) is 1. The van der Waals surface area contributed by atoms with Gasteiger partial charge < -0.3 is 5.11 Å². The van der Waals surface area contributed by atoms with Crippen molar-refractivity contribution in [2.24, 2.45) is 11.8 Å². The first-order valence-electron chi connectivity index (χ1n) is 7.29. The second-order valence-corrected chi connectivity index (χ2v) is 5.78. The van der Waals surface area contributed by atoms with Crippen LogP contribution in [0.4, 0.5) is 0 Å². The lowest BCUT2D eigenvalue weighted by molar-refractivity contribution is -0.138. The molecule has 0 spiro atoms. The average molecular weight is 277 g/mol. The first-order valence-corrected chi connectivity index (χ1v) is 7.29. The van der Waals surface area contributed by atoms with E-state index in [1.165, 1.54) is 0 Å². The molecule has 1 aliphatic heterocycles. The zero-order valence-electron chi connectivity index (χ0n) is 12.2. The van der Waals surface area contributed by atoms with E-state index in [2.05, 4.69) is 28.7 Å². The van der Waals surface area contributed by atoms with Crippen LogP contribution in [0.15, 0.2) is 18.6 Å². The van der Waals surface area contributed by atoms with Crippen LogP contribution in [-0.2, 0) is 4.79 Å². The summed E-state index contributed by atoms with van der Waals surface area (Å²) in [4.78, 5) is 21.8. The van der Waals surface area contributed by atoms with Gasteiger partial charge in [0.1, 0.15) is 0 Å². The highest BCUT2D eigenvalue weighted by molar-refractivity contribution is 5.67. The molecule has 1 aromatic rings. The number of nitrogens with zero attached hydrogens (tertiary/aromatic N) is 3. The Morgan fingerprint density at radius 1 is 1.50 bits per heavy atom. The summed E-state index contributed by atoms with van der Waals surface area (Å²) in [5.74, 6) is -0.0140. The highest BCUT2D eigenvalue weighted by Crippen LogP contribution is 2.30. The molecule has 0 amide bonds. The lowest BCUT2D eigenvalue weighted by Gasteiger charge is -2.38. The molecule has 3 unspecified atom stereocenters. The summed E-state index contributed by atoms with van der Waals surface area (Å²) < 4.78 is 0. The van der Waals surface area contributed by atoms with Gasteiger partial charge in [-0.25, -0.2) is 0 Å². The van der Waals surface area contributed by atoms with Gasteiger partial charge in [-0.1, -0.05) is 6.92 Å². The lowest BCUT2D eigenvalue weighted by atomic mass is 9.84. The molecular weight excluding hydrogens is 254 g/mol. The van der Waals surface area contributed by atoms with Gasteiger partial charge in [0.25, 0.3) is 0 Å². The number of hydrogen-bond donors (Lipinski definition) is 1. The van der Waals surface area contributed by atoms with Crippen LogP contribution in [0.5, 0.6) is 0 Å². The maximum atomic E-state index is 10.9. The van der Waals surface area contributed by atoms with Crippen molar-refractivity contribution in [2.45, 2.75) is 39.2 Å². The van der Waals surface area contributed by atoms with E-state index < -0.39 is 5.97 Å². The van der Waals surface area contributed by atoms with Crippen LogP contribution >= 0.6 is 0 Å². The van der Waals surface area contributed by atoms with Crippen LogP contribution in [0, 0.1) is 11.8 Å². The van der Waals surface area contributed by atoms with Gasteiger partial charge in [-0.15, -0.1) is 0 Å². The minimum Gasteiger partial charge on any atom is -0.481 e. The minimum absolute atomic E-state index is 0.226. The summed E-state index contributed by atoms with van der Waals surface area (Å²) in [7, 11) is 0. The molecule has 1 aromatic heterocycles. The van der Waals surface area contributed by atoms with Gasteiger partial charge in [-0.2, -0.15) is 0 Å². The molecule has 1 saturated heterocycles. The zero-order chi connectivity index (χ0) is 14.5. The Balaban J connectivity index is 1.98. The normalized spacial score (nSPS) is 23.2. The first-order chi connectivity index (χ1) is 9.58. The van der Waals surface area contributed by atoms with E-state index >= 15 is 0 Å². The summed E-state index contributed by atoms with van der Waals surface area (Å²) in [6.45, 7) is 6.20. The SMILES string of the molecule is CC(CC(=O)O)C1CCCN(C(C)c2cnccn2)C1. The van der Waals surface area contributed by atoms with Crippen LogP contribution in [0.1, 0.15) is 44.8 Å². The highest BCUT2D eigenvalue weighted by Gasteiger charge is 2.29. The fourth-order valence-corrected chi connectivity index (χ4v) is 3.01. The number of carboxylic acid groups (broad SMARTS) is 1. The molecule has 0 bridgehead atoms. The van der Waals surface area contributed by atoms with E-state index in [1.54, 1.807) is 12.4 Å². The predicted molar refractivity (Wildman–Crippen MR) is 76.2 cm³/mol. The van der Waals surface area contributed by atoms with Gasteiger partial charge in [0.05, 0.1) is 11.7 Å². The van der Waals surface area contributed by atoms with Crippen molar-refractivity contribution in [1.29, 1.82) is 0 Å². The Morgan fingerprint density at radius 3 is 2.95 bits per heavy atom. The zero-order valence-corrected chi connectivity index (χ0v) is 12.2. The summed E-state index contributed by atoms with van der Waals surface area (Å²) in [6, 6.07) is 0.239. The van der Waals surface area contributed by atoms with Crippen molar-refractivity contribution in [3.8, 4) is 0 Å². The van der Waals surface area contributed by atoms with Crippen molar-refractivity contribution in [3.63, 3.8) is 0 Å². The van der Waals surface area contributed by atoms with Crippen molar-refractivity contribution < 1.29 is 9.90 Å². The quantitative estimate of drug-likeness (QED) is 0.895. The first kappa shape index (κ1) is 14.9. The second-order valence-electron chi connectivity index (χ2n) is 5.78. The second kappa shape index (κ2) is 6.79. The number of hydrogen-bond acceptors (Lipinski definition) is 4. The largest absolute Gasteiger partial charge is 0.481 e. The smallest absolute Gasteiger partial charge is 0.303 e. The molecule has 1 N–H and O–H groups in total. The van der Waals surface area contributed by atoms with Crippen molar-refractivity contribution in [2.75, 3.05) is 13.1 Å². The Hall–Kier alpha value is -1.49. The van der Waals surface area contributed by atoms with Crippen LogP contribution < -0.4 is 0 Å². The van der Waals surface area contributed by atoms with Crippen LogP contribution in [-0.4, -0.2) is 39.0 Å². The monoisotopic (exact) mass is 277 g/mol. The molecule has 1 aliphatic rings. The third-order valence-corrected chi connectivity index (χ3v) is 4.35. The molecule has 0 aromatic carbocycles. The molecule has 0 aliphatic carbocycles. The molecule has 20 heavy (non-hydrogen) atoms. The Labute approximate surface area is 120 Å². The van der Waals surface area contributed by atoms with Gasteiger partial charge in [-0.05, 0) is 38.1 Å². The third kappa shape index (κ3) is 3.76. The molecule has 0 radical (unpaired) electrons. The molecule has 1 fully saturated rings. The number of piperidine rings is 1. The van der Waals surface area contributed by atoms with Gasteiger partial charge in [0.15, 0.2) is 0 Å². The van der Waals surface area contributed by atoms with E-state index in [4.69, 9.17) is 5.11 Å². The van der Waals surface area contributed by atoms with Crippen molar-refractivity contribution in [3.05, 3.63) is 24.3 Å². The Bertz CT molecular complexity index is 438. The number of aromatic nitrogens is 2. The average Bonchev–Trinajstić information content (AvgIpc) is 2.47. The summed E-state index contributed by atoms with van der Waals surface area (Å²) in [6.07, 6.45) is 7.73. The predicted octanol–water partition coefficient (Wildman–Crippen LogP) is 2.36. The third-order valence-electron chi connectivity index (χ3n) is 4.35. The Kier molecular flexibility index (Phi) is 5.06. The van der Waals surface area contributed by atoms with E-state index in [0.717, 1.165) is 31.6 Å². The van der Waals surface area contributed by atoms with Gasteiger partial charge in [0, 0.05) is 31.6 Å². The molecule has 3 atom stereocenters. The van der Waals surface area contributed by atoms with Crippen molar-refractivity contribution in [1.82, 2.24) is 14.9 Å². The van der Waals surface area contributed by atoms with E-state index in [9.17, 15) is 4.79 Å². The number of aliphatic carboxylic acids is 1. The molecule has 5 heteroatoms. The molecule has 2 rings (SSSR count). The fraction of sp³-hybridized carbons (Fsp3) is 0.667. The molecule has 110 valence electrons. The number of carbonyl (C=O) groups is 1. The molecule has 2 heterocycles. The van der Waals surface area contributed by atoms with Gasteiger partial charge >= 0.3 is 5.97 Å². The van der Waals surface area contributed by atoms with Gasteiger partial charge in [-0.3, -0.25) is 19.7 Å².